The first-order valence-corrected chi connectivity index (χ1v) is 9.91. The highest BCUT2D eigenvalue weighted by molar-refractivity contribution is 14.0. The molecule has 0 aromatic heterocycles. The lowest BCUT2D eigenvalue weighted by Crippen LogP contribution is -2.50. The van der Waals surface area contributed by atoms with E-state index in [4.69, 9.17) is 0 Å². The van der Waals surface area contributed by atoms with Crippen molar-refractivity contribution in [1.82, 2.24) is 16.0 Å². The summed E-state index contributed by atoms with van der Waals surface area (Å²) in [6.45, 7) is 8.88. The van der Waals surface area contributed by atoms with Crippen molar-refractivity contribution in [1.29, 1.82) is 0 Å². The Kier molecular flexibility index (Phi) is 9.86. The van der Waals surface area contributed by atoms with E-state index in [-0.39, 0.29) is 29.9 Å². The number of amides is 1. The maximum Gasteiger partial charge on any atom is 0.227 e. The van der Waals surface area contributed by atoms with Crippen LogP contribution >= 0.6 is 39.9 Å². The zero-order chi connectivity index (χ0) is 19.2. The van der Waals surface area contributed by atoms with Crippen LogP contribution in [0.3, 0.4) is 0 Å². The van der Waals surface area contributed by atoms with Gasteiger partial charge < -0.3 is 20.9 Å². The molecule has 152 valence electrons. The van der Waals surface area contributed by atoms with E-state index >= 15 is 0 Å². The molecule has 1 aromatic carbocycles. The van der Waals surface area contributed by atoms with Crippen LogP contribution < -0.4 is 20.9 Å². The lowest BCUT2D eigenvalue weighted by molar-refractivity contribution is -0.128. The van der Waals surface area contributed by atoms with Gasteiger partial charge in [-0.1, -0.05) is 12.1 Å². The molecule has 2 rings (SSSR count). The van der Waals surface area contributed by atoms with Gasteiger partial charge in [-0.3, -0.25) is 9.79 Å². The van der Waals surface area contributed by atoms with E-state index in [2.05, 4.69) is 60.0 Å². The fraction of sp³-hybridized carbons (Fsp3) is 0.579. The Morgan fingerprint density at radius 3 is 2.67 bits per heavy atom. The third-order valence-corrected chi connectivity index (χ3v) is 5.27. The maximum atomic E-state index is 12.1. The van der Waals surface area contributed by atoms with Gasteiger partial charge in [-0.15, -0.1) is 24.0 Å². The second-order valence-electron chi connectivity index (χ2n) is 7.20. The number of carbonyl (C=O) groups is 1. The van der Waals surface area contributed by atoms with Crippen LogP contribution in [0.25, 0.3) is 0 Å². The summed E-state index contributed by atoms with van der Waals surface area (Å²) in [5, 5.41) is 9.65. The van der Waals surface area contributed by atoms with Crippen molar-refractivity contribution in [2.75, 3.05) is 38.1 Å². The molecule has 1 aliphatic rings. The zero-order valence-corrected chi connectivity index (χ0v) is 20.4. The number of rotatable bonds is 6. The molecule has 8 heteroatoms. The Morgan fingerprint density at radius 2 is 2.04 bits per heavy atom. The minimum atomic E-state index is -0.496. The number of halogens is 2. The van der Waals surface area contributed by atoms with Crippen LogP contribution in [0, 0.1) is 5.41 Å². The Morgan fingerprint density at radius 1 is 1.33 bits per heavy atom. The molecule has 0 spiro atoms. The smallest absolute Gasteiger partial charge is 0.227 e. The van der Waals surface area contributed by atoms with Crippen molar-refractivity contribution in [3.63, 3.8) is 0 Å². The van der Waals surface area contributed by atoms with E-state index in [0.29, 0.717) is 19.1 Å². The summed E-state index contributed by atoms with van der Waals surface area (Å²) in [4.78, 5) is 18.8. The highest BCUT2D eigenvalue weighted by atomic mass is 127. The molecular formula is C19H31BrIN5O. The topological polar surface area (TPSA) is 68.8 Å². The van der Waals surface area contributed by atoms with Gasteiger partial charge in [0.15, 0.2) is 5.96 Å². The van der Waals surface area contributed by atoms with E-state index in [1.165, 1.54) is 5.69 Å². The van der Waals surface area contributed by atoms with Crippen LogP contribution in [0.15, 0.2) is 33.7 Å². The predicted octanol–water partition coefficient (Wildman–Crippen LogP) is 2.97. The Balaban J connectivity index is 0.00000364. The van der Waals surface area contributed by atoms with Crippen LogP contribution in [0.1, 0.15) is 27.2 Å². The highest BCUT2D eigenvalue weighted by Crippen LogP contribution is 2.28. The summed E-state index contributed by atoms with van der Waals surface area (Å²) in [5.74, 6) is 0.783. The van der Waals surface area contributed by atoms with Gasteiger partial charge in [0.05, 0.1) is 11.1 Å². The third-order valence-electron chi connectivity index (χ3n) is 4.60. The molecule has 1 aromatic rings. The standard InChI is InChI=1S/C19H30BrN5O.HI/c1-5-22-17(26)19(2,3)13-23-18(21-4)24-14-10-11-25(12-14)16-9-7-6-8-15(16)20;/h6-9,14H,5,10-13H2,1-4H3,(H,22,26)(H2,21,23,24);1H. The molecule has 0 radical (unpaired) electrons. The summed E-state index contributed by atoms with van der Waals surface area (Å²) < 4.78 is 1.12. The van der Waals surface area contributed by atoms with Gasteiger partial charge in [0.2, 0.25) is 5.91 Å². The molecule has 1 amide bonds. The van der Waals surface area contributed by atoms with Crippen LogP contribution in [0.2, 0.25) is 0 Å². The van der Waals surface area contributed by atoms with Crippen molar-refractivity contribution >= 4 is 57.5 Å². The molecular weight excluding hydrogens is 521 g/mol. The summed E-state index contributed by atoms with van der Waals surface area (Å²) in [7, 11) is 1.76. The zero-order valence-electron chi connectivity index (χ0n) is 16.5. The second-order valence-corrected chi connectivity index (χ2v) is 8.05. The first-order chi connectivity index (χ1) is 12.4. The number of anilines is 1. The number of hydrogen-bond donors (Lipinski definition) is 3. The summed E-state index contributed by atoms with van der Waals surface area (Å²) in [5.41, 5.74) is 0.724. The van der Waals surface area contributed by atoms with E-state index in [9.17, 15) is 4.79 Å². The first-order valence-electron chi connectivity index (χ1n) is 9.12. The minimum Gasteiger partial charge on any atom is -0.368 e. The number of aliphatic imine (C=N–C) groups is 1. The maximum absolute atomic E-state index is 12.1. The molecule has 0 aliphatic carbocycles. The van der Waals surface area contributed by atoms with Gasteiger partial charge in [0, 0.05) is 43.7 Å². The summed E-state index contributed by atoms with van der Waals surface area (Å²) >= 11 is 3.63. The van der Waals surface area contributed by atoms with E-state index in [0.717, 1.165) is 29.9 Å². The first kappa shape index (κ1) is 24.0. The van der Waals surface area contributed by atoms with Crippen molar-refractivity contribution in [2.45, 2.75) is 33.2 Å². The summed E-state index contributed by atoms with van der Waals surface area (Å²) in [6, 6.07) is 8.61. The fourth-order valence-electron chi connectivity index (χ4n) is 2.98. The van der Waals surface area contributed by atoms with Crippen molar-refractivity contribution in [2.24, 2.45) is 10.4 Å². The van der Waals surface area contributed by atoms with Crippen molar-refractivity contribution in [3.8, 4) is 0 Å². The molecule has 1 heterocycles. The van der Waals surface area contributed by atoms with E-state index in [1.54, 1.807) is 7.05 Å². The van der Waals surface area contributed by atoms with Crippen LogP contribution in [-0.4, -0.2) is 51.1 Å². The fourth-order valence-corrected chi connectivity index (χ4v) is 3.51. The number of guanidine groups is 1. The van der Waals surface area contributed by atoms with E-state index < -0.39 is 5.41 Å². The van der Waals surface area contributed by atoms with Gasteiger partial charge in [-0.25, -0.2) is 0 Å². The van der Waals surface area contributed by atoms with Crippen LogP contribution in [0.5, 0.6) is 0 Å². The normalized spacial score (nSPS) is 17.3. The number of carbonyl (C=O) groups excluding carboxylic acids is 1. The van der Waals surface area contributed by atoms with Gasteiger partial charge >= 0.3 is 0 Å². The molecule has 1 atom stereocenters. The van der Waals surface area contributed by atoms with Gasteiger partial charge in [-0.2, -0.15) is 0 Å². The Labute approximate surface area is 188 Å². The largest absolute Gasteiger partial charge is 0.368 e. The SMILES string of the molecule is CCNC(=O)C(C)(C)CNC(=NC)NC1CCN(c2ccccc2Br)C1.I. The summed E-state index contributed by atoms with van der Waals surface area (Å²) in [6.07, 6.45) is 1.04. The van der Waals surface area contributed by atoms with E-state index in [1.807, 2.05) is 26.8 Å². The number of nitrogens with one attached hydrogen (secondary N) is 3. The van der Waals surface area contributed by atoms with Gasteiger partial charge in [0.25, 0.3) is 0 Å². The molecule has 1 fully saturated rings. The molecule has 1 saturated heterocycles. The Bertz CT molecular complexity index is 653. The molecule has 1 aliphatic heterocycles. The van der Waals surface area contributed by atoms with Crippen LogP contribution in [0.4, 0.5) is 5.69 Å². The average Bonchev–Trinajstić information content (AvgIpc) is 3.07. The monoisotopic (exact) mass is 551 g/mol. The highest BCUT2D eigenvalue weighted by Gasteiger charge is 2.28. The quantitative estimate of drug-likeness (QED) is 0.289. The molecule has 0 bridgehead atoms. The van der Waals surface area contributed by atoms with Crippen molar-refractivity contribution in [3.05, 3.63) is 28.7 Å². The molecule has 1 unspecified atom stereocenters. The van der Waals surface area contributed by atoms with Crippen molar-refractivity contribution < 1.29 is 4.79 Å². The molecule has 3 N–H and O–H groups in total. The Hall–Kier alpha value is -1.03. The molecule has 27 heavy (non-hydrogen) atoms. The van der Waals surface area contributed by atoms with Crippen LogP contribution in [-0.2, 0) is 4.79 Å². The molecule has 6 nitrogen and oxygen atoms in total. The minimum absolute atomic E-state index is 0. The average molecular weight is 552 g/mol. The van der Waals surface area contributed by atoms with Gasteiger partial charge in [0.1, 0.15) is 0 Å². The lowest BCUT2D eigenvalue weighted by atomic mass is 9.92. The number of para-hydroxylation sites is 1. The third kappa shape index (κ3) is 6.81. The number of hydrogen-bond acceptors (Lipinski definition) is 3. The predicted molar refractivity (Wildman–Crippen MR) is 127 cm³/mol. The number of benzene rings is 1. The second kappa shape index (κ2) is 11.1. The van der Waals surface area contributed by atoms with Gasteiger partial charge in [-0.05, 0) is 55.3 Å². The molecule has 0 saturated carbocycles. The lowest BCUT2D eigenvalue weighted by Gasteiger charge is -2.26. The number of nitrogens with zero attached hydrogens (tertiary/aromatic N) is 2.